The first-order valence-corrected chi connectivity index (χ1v) is 10.8. The second-order valence-corrected chi connectivity index (χ2v) is 8.58. The maximum atomic E-state index is 11.7. The summed E-state index contributed by atoms with van der Waals surface area (Å²) in [5.41, 5.74) is 5.62. The minimum absolute atomic E-state index is 0.0532. The van der Waals surface area contributed by atoms with Crippen molar-refractivity contribution < 1.29 is 9.53 Å². The molecule has 3 heteroatoms. The van der Waals surface area contributed by atoms with Gasteiger partial charge in [0.2, 0.25) is 0 Å². The minimum atomic E-state index is -0.410. The summed E-state index contributed by atoms with van der Waals surface area (Å²) in [6.07, 6.45) is 18.9. The third-order valence-electron chi connectivity index (χ3n) is 4.53. The Morgan fingerprint density at radius 2 is 1.20 bits per heavy atom. The summed E-state index contributed by atoms with van der Waals surface area (Å²) in [5, 5.41) is 0. The maximum absolute atomic E-state index is 11.7. The Bertz CT molecular complexity index is 310. The number of ether oxygens (including phenoxy) is 1. The molecule has 0 aliphatic carbocycles. The van der Waals surface area contributed by atoms with E-state index in [1.165, 1.54) is 77.0 Å². The summed E-state index contributed by atoms with van der Waals surface area (Å²) in [6, 6.07) is -0.0532. The van der Waals surface area contributed by atoms with Crippen LogP contribution in [0.2, 0.25) is 0 Å². The zero-order valence-corrected chi connectivity index (χ0v) is 17.6. The monoisotopic (exact) mass is 355 g/mol. The number of carbonyl (C=O) groups is 1. The Hall–Kier alpha value is -0.570. The van der Waals surface area contributed by atoms with Gasteiger partial charge in [-0.15, -0.1) is 0 Å². The third kappa shape index (κ3) is 19.6. The van der Waals surface area contributed by atoms with Crippen LogP contribution in [0.25, 0.3) is 0 Å². The molecule has 25 heavy (non-hydrogen) atoms. The van der Waals surface area contributed by atoms with Crippen LogP contribution in [0.1, 0.15) is 124 Å². The number of carbonyl (C=O) groups excluding carboxylic acids is 1. The molecule has 0 aromatic carbocycles. The van der Waals surface area contributed by atoms with Gasteiger partial charge in [0.05, 0.1) is 6.42 Å². The van der Waals surface area contributed by atoms with E-state index in [1.54, 1.807) is 0 Å². The Balaban J connectivity index is 3.31. The molecule has 0 rings (SSSR count). The van der Waals surface area contributed by atoms with Crippen LogP contribution < -0.4 is 5.73 Å². The molecule has 0 radical (unpaired) electrons. The second-order valence-electron chi connectivity index (χ2n) is 8.58. The zero-order valence-electron chi connectivity index (χ0n) is 17.6. The lowest BCUT2D eigenvalue weighted by molar-refractivity contribution is -0.155. The molecular formula is C22H45NO2. The van der Waals surface area contributed by atoms with E-state index in [1.807, 2.05) is 20.8 Å². The molecule has 1 atom stereocenters. The number of hydrogen-bond donors (Lipinski definition) is 1. The molecule has 0 aromatic heterocycles. The lowest BCUT2D eigenvalue weighted by atomic mass is 10.0. The molecule has 0 saturated heterocycles. The Morgan fingerprint density at radius 1 is 0.800 bits per heavy atom. The number of unbranched alkanes of at least 4 members (excludes halogenated alkanes) is 12. The first-order valence-electron chi connectivity index (χ1n) is 10.8. The average Bonchev–Trinajstić information content (AvgIpc) is 2.49. The molecule has 0 spiro atoms. The van der Waals surface area contributed by atoms with Gasteiger partial charge >= 0.3 is 5.97 Å². The number of esters is 1. The van der Waals surface area contributed by atoms with Crippen LogP contribution in [0.5, 0.6) is 0 Å². The highest BCUT2D eigenvalue weighted by Gasteiger charge is 2.18. The Labute approximate surface area is 157 Å². The lowest BCUT2D eigenvalue weighted by Crippen LogP contribution is -2.30. The molecule has 0 fully saturated rings. The maximum Gasteiger partial charge on any atom is 0.307 e. The highest BCUT2D eigenvalue weighted by Crippen LogP contribution is 2.14. The van der Waals surface area contributed by atoms with Crippen LogP contribution in [0.15, 0.2) is 0 Å². The van der Waals surface area contributed by atoms with Gasteiger partial charge in [0.1, 0.15) is 5.60 Å². The fourth-order valence-corrected chi connectivity index (χ4v) is 3.12. The molecule has 0 amide bonds. The smallest absolute Gasteiger partial charge is 0.307 e. The highest BCUT2D eigenvalue weighted by atomic mass is 16.6. The molecule has 2 N–H and O–H groups in total. The molecule has 1 unspecified atom stereocenters. The molecule has 3 nitrogen and oxygen atoms in total. The fraction of sp³-hybridized carbons (Fsp3) is 0.955. The van der Waals surface area contributed by atoms with Crippen molar-refractivity contribution >= 4 is 5.97 Å². The van der Waals surface area contributed by atoms with Crippen LogP contribution in [-0.2, 0) is 9.53 Å². The first-order chi connectivity index (χ1) is 11.8. The van der Waals surface area contributed by atoms with Crippen molar-refractivity contribution in [2.45, 2.75) is 136 Å². The summed E-state index contributed by atoms with van der Waals surface area (Å²) in [4.78, 5) is 11.7. The molecule has 0 saturated carbocycles. The van der Waals surface area contributed by atoms with E-state index in [-0.39, 0.29) is 12.0 Å². The normalized spacial score (nSPS) is 13.0. The summed E-state index contributed by atoms with van der Waals surface area (Å²) in [7, 11) is 0. The predicted molar refractivity (Wildman–Crippen MR) is 109 cm³/mol. The van der Waals surface area contributed by atoms with E-state index >= 15 is 0 Å². The molecule has 0 aromatic rings. The summed E-state index contributed by atoms with van der Waals surface area (Å²) in [5.74, 6) is -0.172. The van der Waals surface area contributed by atoms with Crippen LogP contribution >= 0.6 is 0 Å². The minimum Gasteiger partial charge on any atom is -0.460 e. The van der Waals surface area contributed by atoms with Crippen molar-refractivity contribution in [2.75, 3.05) is 0 Å². The van der Waals surface area contributed by atoms with Gasteiger partial charge < -0.3 is 10.5 Å². The number of hydrogen-bond acceptors (Lipinski definition) is 3. The average molecular weight is 356 g/mol. The molecule has 0 heterocycles. The van der Waals surface area contributed by atoms with E-state index in [0.29, 0.717) is 6.42 Å². The van der Waals surface area contributed by atoms with E-state index in [9.17, 15) is 4.79 Å². The summed E-state index contributed by atoms with van der Waals surface area (Å²) < 4.78 is 5.31. The van der Waals surface area contributed by atoms with Gasteiger partial charge in [-0.25, -0.2) is 0 Å². The second kappa shape index (κ2) is 15.7. The van der Waals surface area contributed by atoms with E-state index < -0.39 is 5.60 Å². The SMILES string of the molecule is CCCCCCCCCCCCCCCC(N)CC(=O)OC(C)(C)C. The predicted octanol–water partition coefficient (Wildman–Crippen LogP) is 6.53. The summed E-state index contributed by atoms with van der Waals surface area (Å²) in [6.45, 7) is 7.95. The van der Waals surface area contributed by atoms with Gasteiger partial charge in [0.25, 0.3) is 0 Å². The van der Waals surface area contributed by atoms with Crippen molar-refractivity contribution in [2.24, 2.45) is 5.73 Å². The molecule has 150 valence electrons. The first kappa shape index (κ1) is 24.4. The van der Waals surface area contributed by atoms with Gasteiger partial charge in [-0.3, -0.25) is 4.79 Å². The van der Waals surface area contributed by atoms with E-state index in [2.05, 4.69) is 6.92 Å². The van der Waals surface area contributed by atoms with E-state index in [4.69, 9.17) is 10.5 Å². The van der Waals surface area contributed by atoms with Gasteiger partial charge in [-0.05, 0) is 27.2 Å². The van der Waals surface area contributed by atoms with Gasteiger partial charge in [-0.1, -0.05) is 90.4 Å². The van der Waals surface area contributed by atoms with Crippen LogP contribution in [-0.4, -0.2) is 17.6 Å². The Morgan fingerprint density at radius 3 is 1.60 bits per heavy atom. The van der Waals surface area contributed by atoms with Crippen LogP contribution in [0, 0.1) is 0 Å². The highest BCUT2D eigenvalue weighted by molar-refractivity contribution is 5.70. The topological polar surface area (TPSA) is 52.3 Å². The van der Waals surface area contributed by atoms with Gasteiger partial charge in [0.15, 0.2) is 0 Å². The lowest BCUT2D eigenvalue weighted by Gasteiger charge is -2.20. The van der Waals surface area contributed by atoms with Crippen molar-refractivity contribution in [3.05, 3.63) is 0 Å². The van der Waals surface area contributed by atoms with Crippen molar-refractivity contribution in [1.82, 2.24) is 0 Å². The van der Waals surface area contributed by atoms with Crippen LogP contribution in [0.3, 0.4) is 0 Å². The molecule has 0 aliphatic rings. The Kier molecular flexibility index (Phi) is 15.3. The number of nitrogens with two attached hydrogens (primary N) is 1. The summed E-state index contributed by atoms with van der Waals surface area (Å²) >= 11 is 0. The third-order valence-corrected chi connectivity index (χ3v) is 4.53. The van der Waals surface area contributed by atoms with E-state index in [0.717, 1.165) is 12.8 Å². The van der Waals surface area contributed by atoms with Gasteiger partial charge in [-0.2, -0.15) is 0 Å². The fourth-order valence-electron chi connectivity index (χ4n) is 3.12. The van der Waals surface area contributed by atoms with Gasteiger partial charge in [0, 0.05) is 6.04 Å². The standard InChI is InChI=1S/C22H45NO2/c1-5-6-7-8-9-10-11-12-13-14-15-16-17-18-20(23)19-21(24)25-22(2,3)4/h20H,5-19,23H2,1-4H3. The van der Waals surface area contributed by atoms with Crippen molar-refractivity contribution in [3.8, 4) is 0 Å². The molecule has 0 aliphatic heterocycles. The quantitative estimate of drug-likeness (QED) is 0.253. The molecule has 0 bridgehead atoms. The largest absolute Gasteiger partial charge is 0.460 e. The zero-order chi connectivity index (χ0) is 19.0. The van der Waals surface area contributed by atoms with Crippen molar-refractivity contribution in [3.63, 3.8) is 0 Å². The van der Waals surface area contributed by atoms with Crippen LogP contribution in [0.4, 0.5) is 0 Å². The number of rotatable bonds is 16. The molecular weight excluding hydrogens is 310 g/mol. The van der Waals surface area contributed by atoms with Crippen molar-refractivity contribution in [1.29, 1.82) is 0 Å².